The van der Waals surface area contributed by atoms with Crippen molar-refractivity contribution in [3.63, 3.8) is 0 Å². The molecular formula is C32H24N2O7S. The molecule has 0 fully saturated rings. The lowest BCUT2D eigenvalue weighted by molar-refractivity contribution is -0.117. The van der Waals surface area contributed by atoms with Crippen molar-refractivity contribution < 1.29 is 33.4 Å². The van der Waals surface area contributed by atoms with Crippen LogP contribution in [0.1, 0.15) is 44.4 Å². The summed E-state index contributed by atoms with van der Waals surface area (Å²) in [6.45, 7) is 3.08. The van der Waals surface area contributed by atoms with Crippen LogP contribution in [0.15, 0.2) is 94.6 Å². The fraction of sp³-hybridized carbons (Fsp3) is 0.125. The Bertz CT molecular complexity index is 1900. The van der Waals surface area contributed by atoms with Gasteiger partial charge in [0.15, 0.2) is 33.8 Å². The number of rotatable bonds is 8. The van der Waals surface area contributed by atoms with Gasteiger partial charge in [0.2, 0.25) is 5.78 Å². The molecule has 0 bridgehead atoms. The highest BCUT2D eigenvalue weighted by Crippen LogP contribution is 2.45. The number of aliphatic hydroxyl groups is 1. The summed E-state index contributed by atoms with van der Waals surface area (Å²) in [5, 5.41) is 12.0. The third-order valence-electron chi connectivity index (χ3n) is 6.87. The second kappa shape index (κ2) is 10.6. The number of aliphatic hydroxyl groups excluding tert-OH is 1. The van der Waals surface area contributed by atoms with Crippen LogP contribution >= 0.6 is 11.3 Å². The van der Waals surface area contributed by atoms with E-state index in [1.54, 1.807) is 67.6 Å². The Balaban J connectivity index is 1.49. The van der Waals surface area contributed by atoms with Crippen LogP contribution < -0.4 is 14.4 Å². The molecule has 1 aliphatic rings. The van der Waals surface area contributed by atoms with Crippen LogP contribution in [0.25, 0.3) is 11.0 Å². The minimum absolute atomic E-state index is 0.0767. The number of amides is 1. The van der Waals surface area contributed by atoms with E-state index in [1.165, 1.54) is 18.9 Å². The second-order valence-electron chi connectivity index (χ2n) is 9.61. The number of carbonyl (C=O) groups is 3. The number of carbonyl (C=O) groups excluding carboxylic acids is 3. The van der Waals surface area contributed by atoms with E-state index in [0.29, 0.717) is 44.4 Å². The molecule has 1 amide bonds. The summed E-state index contributed by atoms with van der Waals surface area (Å²) in [4.78, 5) is 46.0. The molecule has 10 heteroatoms. The zero-order valence-electron chi connectivity index (χ0n) is 22.8. The number of para-hydroxylation sites is 2. The first-order chi connectivity index (χ1) is 20.3. The van der Waals surface area contributed by atoms with Crippen molar-refractivity contribution in [2.24, 2.45) is 0 Å². The monoisotopic (exact) mass is 580 g/mol. The predicted octanol–water partition coefficient (Wildman–Crippen LogP) is 6.98. The maximum Gasteiger partial charge on any atom is 0.296 e. The fourth-order valence-electron chi connectivity index (χ4n) is 4.98. The van der Waals surface area contributed by atoms with Crippen molar-refractivity contribution >= 4 is 44.9 Å². The van der Waals surface area contributed by atoms with Crippen LogP contribution in [0.3, 0.4) is 0 Å². The summed E-state index contributed by atoms with van der Waals surface area (Å²) in [5.74, 6) is -1.03. The van der Waals surface area contributed by atoms with Crippen LogP contribution in [0.4, 0.5) is 5.13 Å². The number of ether oxygens (including phenoxy) is 2. The van der Waals surface area contributed by atoms with Gasteiger partial charge < -0.3 is 19.0 Å². The minimum atomic E-state index is -1.09. The topological polar surface area (TPSA) is 119 Å². The Morgan fingerprint density at radius 3 is 2.45 bits per heavy atom. The molecule has 3 heterocycles. The number of Topliss-reactive ketones (excluding diaryl/α,β-unsaturated/α-hetero) is 2. The second-order valence-corrected chi connectivity index (χ2v) is 10.6. The number of ketones is 2. The molecule has 1 unspecified atom stereocenters. The van der Waals surface area contributed by atoms with Gasteiger partial charge in [-0.25, -0.2) is 4.98 Å². The maximum atomic E-state index is 14.1. The van der Waals surface area contributed by atoms with Gasteiger partial charge in [-0.3, -0.25) is 19.3 Å². The van der Waals surface area contributed by atoms with E-state index in [0.717, 1.165) is 11.3 Å². The molecule has 6 rings (SSSR count). The molecule has 0 saturated heterocycles. The first kappa shape index (κ1) is 27.0. The number of furan rings is 1. The van der Waals surface area contributed by atoms with Gasteiger partial charge in [-0.05, 0) is 48.9 Å². The number of nitrogens with zero attached hydrogens (tertiary/aromatic N) is 2. The Kier molecular flexibility index (Phi) is 6.83. The van der Waals surface area contributed by atoms with Crippen molar-refractivity contribution in [1.29, 1.82) is 0 Å². The number of benzene rings is 3. The van der Waals surface area contributed by atoms with Gasteiger partial charge in [0.05, 0.1) is 29.3 Å². The highest BCUT2D eigenvalue weighted by molar-refractivity contribution is 7.17. The number of aromatic nitrogens is 1. The third kappa shape index (κ3) is 4.61. The van der Waals surface area contributed by atoms with Crippen LogP contribution in [0.2, 0.25) is 0 Å². The van der Waals surface area contributed by atoms with E-state index in [4.69, 9.17) is 13.9 Å². The number of fused-ring (bicyclic) bond motifs is 1. The summed E-state index contributed by atoms with van der Waals surface area (Å²) >= 11 is 1.02. The molecule has 0 saturated carbocycles. The average molecular weight is 581 g/mol. The quantitative estimate of drug-likeness (QED) is 0.195. The number of hydrogen-bond acceptors (Lipinski definition) is 9. The summed E-state index contributed by atoms with van der Waals surface area (Å²) in [7, 11) is 1.49. The molecule has 2 aromatic heterocycles. The van der Waals surface area contributed by atoms with E-state index in [9.17, 15) is 19.5 Å². The normalized spacial score (nSPS) is 15.0. The molecule has 0 spiro atoms. The Labute approximate surface area is 244 Å². The van der Waals surface area contributed by atoms with Crippen molar-refractivity contribution in [1.82, 2.24) is 4.98 Å². The van der Waals surface area contributed by atoms with Gasteiger partial charge in [0, 0.05) is 12.3 Å². The Hall–Kier alpha value is -5.22. The molecule has 9 nitrogen and oxygen atoms in total. The smallest absolute Gasteiger partial charge is 0.296 e. The molecule has 1 atom stereocenters. The summed E-state index contributed by atoms with van der Waals surface area (Å²) in [6.07, 6.45) is 0. The first-order valence-corrected chi connectivity index (χ1v) is 13.8. The van der Waals surface area contributed by atoms with Gasteiger partial charge >= 0.3 is 0 Å². The van der Waals surface area contributed by atoms with Crippen LogP contribution in [-0.2, 0) is 4.79 Å². The van der Waals surface area contributed by atoms with E-state index in [2.05, 4.69) is 4.98 Å². The molecule has 0 aliphatic carbocycles. The molecule has 5 aromatic rings. The molecule has 42 heavy (non-hydrogen) atoms. The van der Waals surface area contributed by atoms with Crippen LogP contribution in [-0.4, -0.2) is 34.7 Å². The Morgan fingerprint density at radius 1 is 1.00 bits per heavy atom. The molecule has 3 aromatic carbocycles. The summed E-state index contributed by atoms with van der Waals surface area (Å²) in [5.41, 5.74) is 1.10. The fourth-order valence-corrected chi connectivity index (χ4v) is 5.97. The standard InChI is InChI=1S/C32H24N2O7S/c1-17-30(18(2)35)42-32(33-17)34-26(19-9-7-13-22(15-19)40-21-11-5-4-6-12-21)25(28(37)31(34)38)27(36)24-16-20-10-8-14-23(39-3)29(20)41-24/h4-16,26,37H,1-3H3. The molecule has 1 aliphatic heterocycles. The van der Waals surface area contributed by atoms with Gasteiger partial charge in [0.25, 0.3) is 5.91 Å². The van der Waals surface area contributed by atoms with E-state index in [1.807, 2.05) is 18.2 Å². The minimum Gasteiger partial charge on any atom is -0.503 e. The van der Waals surface area contributed by atoms with Gasteiger partial charge in [-0.1, -0.05) is 53.8 Å². The number of thiazole rings is 1. The maximum absolute atomic E-state index is 14.1. The number of methoxy groups -OCH3 is 1. The first-order valence-electron chi connectivity index (χ1n) is 13.0. The number of anilines is 1. The number of aryl methyl sites for hydroxylation is 1. The lowest BCUT2D eigenvalue weighted by atomic mass is 9.95. The summed E-state index contributed by atoms with van der Waals surface area (Å²) in [6, 6.07) is 21.7. The largest absolute Gasteiger partial charge is 0.503 e. The highest BCUT2D eigenvalue weighted by atomic mass is 32.1. The van der Waals surface area contributed by atoms with Crippen molar-refractivity contribution in [3.8, 4) is 17.2 Å². The SMILES string of the molecule is COc1cccc2cc(C(=O)C3=C(O)C(=O)N(c4nc(C)c(C(C)=O)s4)C3c3cccc(Oc4ccccc4)c3)oc12. The van der Waals surface area contributed by atoms with Crippen molar-refractivity contribution in [3.05, 3.63) is 112 Å². The van der Waals surface area contributed by atoms with Gasteiger partial charge in [-0.15, -0.1) is 0 Å². The average Bonchev–Trinajstić information content (AvgIpc) is 3.67. The lowest BCUT2D eigenvalue weighted by Gasteiger charge is -2.24. The van der Waals surface area contributed by atoms with E-state index >= 15 is 0 Å². The molecule has 0 radical (unpaired) electrons. The van der Waals surface area contributed by atoms with Crippen molar-refractivity contribution in [2.45, 2.75) is 19.9 Å². The van der Waals surface area contributed by atoms with Crippen LogP contribution in [0.5, 0.6) is 17.2 Å². The van der Waals surface area contributed by atoms with Gasteiger partial charge in [-0.2, -0.15) is 0 Å². The number of hydrogen-bond donors (Lipinski definition) is 1. The predicted molar refractivity (Wildman–Crippen MR) is 157 cm³/mol. The zero-order chi connectivity index (χ0) is 29.5. The van der Waals surface area contributed by atoms with E-state index in [-0.39, 0.29) is 22.2 Å². The third-order valence-corrected chi connectivity index (χ3v) is 8.13. The lowest BCUT2D eigenvalue weighted by Crippen LogP contribution is -2.31. The van der Waals surface area contributed by atoms with Crippen LogP contribution in [0, 0.1) is 6.92 Å². The van der Waals surface area contributed by atoms with E-state index < -0.39 is 23.5 Å². The molecular weight excluding hydrogens is 556 g/mol. The Morgan fingerprint density at radius 2 is 1.74 bits per heavy atom. The molecule has 1 N–H and O–H groups in total. The van der Waals surface area contributed by atoms with Crippen molar-refractivity contribution in [2.75, 3.05) is 12.0 Å². The highest BCUT2D eigenvalue weighted by Gasteiger charge is 2.47. The summed E-state index contributed by atoms with van der Waals surface area (Å²) < 4.78 is 17.3. The van der Waals surface area contributed by atoms with Gasteiger partial charge in [0.1, 0.15) is 11.5 Å². The zero-order valence-corrected chi connectivity index (χ0v) is 23.6. The molecule has 210 valence electrons.